The third-order valence-electron chi connectivity index (χ3n) is 1.26. The number of rotatable bonds is 2. The van der Waals surface area contributed by atoms with Crippen LogP contribution >= 0.6 is 0 Å². The van der Waals surface area contributed by atoms with Crippen LogP contribution in [0.2, 0.25) is 0 Å². The molecule has 0 aliphatic heterocycles. The molecule has 9 heavy (non-hydrogen) atoms. The molecule has 0 aliphatic carbocycles. The van der Waals surface area contributed by atoms with Crippen LogP contribution in [-0.2, 0) is 0 Å². The summed E-state index contributed by atoms with van der Waals surface area (Å²) >= 11 is 0. The number of hydrogen-bond acceptors (Lipinski definition) is 1. The van der Waals surface area contributed by atoms with Crippen LogP contribution in [0.15, 0.2) is 19.0 Å². The lowest BCUT2D eigenvalue weighted by atomic mass is 10.2. The molecule has 1 N–H and O–H groups in total. The Morgan fingerprint density at radius 1 is 1.89 bits per heavy atom. The minimum Gasteiger partial charge on any atom is -0.345 e. The van der Waals surface area contributed by atoms with E-state index in [-0.39, 0.29) is 0 Å². The van der Waals surface area contributed by atoms with Gasteiger partial charge < -0.3 is 4.98 Å². The van der Waals surface area contributed by atoms with Crippen molar-refractivity contribution in [3.63, 3.8) is 0 Å². The molecule has 0 atom stereocenters. The molecule has 0 fully saturated rings. The van der Waals surface area contributed by atoms with E-state index in [2.05, 4.69) is 23.5 Å². The van der Waals surface area contributed by atoms with Gasteiger partial charge in [0.2, 0.25) is 0 Å². The van der Waals surface area contributed by atoms with Crippen LogP contribution in [0.5, 0.6) is 0 Å². The number of H-pyrrole nitrogens is 1. The predicted octanol–water partition coefficient (Wildman–Crippen LogP) is 1.83. The number of aromatic nitrogens is 2. The Balaban J connectivity index is 2.77. The molecule has 48 valence electrons. The van der Waals surface area contributed by atoms with Crippen LogP contribution in [0.3, 0.4) is 0 Å². The van der Waals surface area contributed by atoms with Crippen molar-refractivity contribution in [3.05, 3.63) is 24.8 Å². The van der Waals surface area contributed by atoms with Crippen molar-refractivity contribution in [2.45, 2.75) is 13.3 Å². The van der Waals surface area contributed by atoms with Gasteiger partial charge in [0.1, 0.15) is 5.82 Å². The van der Waals surface area contributed by atoms with Crippen molar-refractivity contribution in [2.75, 3.05) is 0 Å². The smallest absolute Gasteiger partial charge is 0.132 e. The van der Waals surface area contributed by atoms with E-state index in [1.165, 1.54) is 0 Å². The second kappa shape index (κ2) is 2.49. The fraction of sp³-hybridized carbons (Fsp3) is 0.286. The van der Waals surface area contributed by atoms with Gasteiger partial charge in [-0.05, 0) is 12.0 Å². The van der Waals surface area contributed by atoms with Gasteiger partial charge in [-0.2, -0.15) is 0 Å². The summed E-state index contributed by atoms with van der Waals surface area (Å²) in [4.78, 5) is 7.01. The van der Waals surface area contributed by atoms with Crippen LogP contribution in [0.25, 0.3) is 5.57 Å². The summed E-state index contributed by atoms with van der Waals surface area (Å²) in [6.45, 7) is 5.88. The predicted molar refractivity (Wildman–Crippen MR) is 37.9 cm³/mol. The summed E-state index contributed by atoms with van der Waals surface area (Å²) in [5.41, 5.74) is 1.06. The molecule has 0 spiro atoms. The molecule has 0 aliphatic rings. The number of nitrogens with zero attached hydrogens (tertiary/aromatic N) is 1. The van der Waals surface area contributed by atoms with Gasteiger partial charge in [0.25, 0.3) is 0 Å². The maximum atomic E-state index is 4.03. The SMILES string of the molecule is C=C(CC)c1ncc[nH]1. The summed E-state index contributed by atoms with van der Waals surface area (Å²) in [5.74, 6) is 0.900. The van der Waals surface area contributed by atoms with E-state index in [0.717, 1.165) is 17.8 Å². The zero-order valence-electron chi connectivity index (χ0n) is 5.52. The molecular weight excluding hydrogens is 112 g/mol. The molecule has 0 aromatic carbocycles. The average molecular weight is 122 g/mol. The topological polar surface area (TPSA) is 28.7 Å². The van der Waals surface area contributed by atoms with Crippen molar-refractivity contribution in [1.82, 2.24) is 9.97 Å². The molecule has 0 radical (unpaired) electrons. The second-order valence-electron chi connectivity index (χ2n) is 1.89. The average Bonchev–Trinajstić information content (AvgIpc) is 2.37. The first-order chi connectivity index (χ1) is 4.34. The van der Waals surface area contributed by atoms with Crippen molar-refractivity contribution in [3.8, 4) is 0 Å². The third-order valence-corrected chi connectivity index (χ3v) is 1.26. The van der Waals surface area contributed by atoms with Crippen molar-refractivity contribution < 1.29 is 0 Å². The Bertz CT molecular complexity index is 187. The minimum absolute atomic E-state index is 0.900. The first kappa shape index (κ1) is 6.08. The number of hydrogen-bond donors (Lipinski definition) is 1. The highest BCUT2D eigenvalue weighted by Gasteiger charge is 1.94. The molecule has 0 amide bonds. The molecule has 2 heteroatoms. The maximum Gasteiger partial charge on any atom is 0.132 e. The van der Waals surface area contributed by atoms with Gasteiger partial charge in [-0.15, -0.1) is 0 Å². The second-order valence-corrected chi connectivity index (χ2v) is 1.89. The van der Waals surface area contributed by atoms with Crippen LogP contribution in [0.4, 0.5) is 0 Å². The first-order valence-corrected chi connectivity index (χ1v) is 3.02. The molecular formula is C7H10N2. The summed E-state index contributed by atoms with van der Waals surface area (Å²) in [6, 6.07) is 0. The van der Waals surface area contributed by atoms with E-state index in [1.54, 1.807) is 12.4 Å². The van der Waals surface area contributed by atoms with E-state index in [1.807, 2.05) is 0 Å². The Morgan fingerprint density at radius 3 is 3.11 bits per heavy atom. The van der Waals surface area contributed by atoms with Crippen molar-refractivity contribution >= 4 is 5.57 Å². The summed E-state index contributed by atoms with van der Waals surface area (Å²) < 4.78 is 0. The molecule has 2 nitrogen and oxygen atoms in total. The molecule has 0 bridgehead atoms. The Morgan fingerprint density at radius 2 is 2.67 bits per heavy atom. The standard InChI is InChI=1S/C7H10N2/c1-3-6(2)7-8-4-5-9-7/h4-5H,2-3H2,1H3,(H,8,9). The quantitative estimate of drug-likeness (QED) is 0.637. The highest BCUT2D eigenvalue weighted by Crippen LogP contribution is 2.08. The molecule has 0 saturated carbocycles. The van der Waals surface area contributed by atoms with Gasteiger partial charge >= 0.3 is 0 Å². The van der Waals surface area contributed by atoms with E-state index in [9.17, 15) is 0 Å². The normalized spacial score (nSPS) is 9.44. The van der Waals surface area contributed by atoms with Gasteiger partial charge in [-0.25, -0.2) is 4.98 Å². The summed E-state index contributed by atoms with van der Waals surface area (Å²) in [6.07, 6.45) is 4.49. The van der Waals surface area contributed by atoms with Gasteiger partial charge in [0, 0.05) is 12.4 Å². The van der Waals surface area contributed by atoms with Gasteiger partial charge in [0.05, 0.1) is 0 Å². The van der Waals surface area contributed by atoms with E-state index in [4.69, 9.17) is 0 Å². The van der Waals surface area contributed by atoms with Gasteiger partial charge in [0.15, 0.2) is 0 Å². The van der Waals surface area contributed by atoms with E-state index < -0.39 is 0 Å². The molecule has 1 heterocycles. The van der Waals surface area contributed by atoms with Crippen LogP contribution < -0.4 is 0 Å². The largest absolute Gasteiger partial charge is 0.345 e. The third kappa shape index (κ3) is 1.19. The fourth-order valence-corrected chi connectivity index (χ4v) is 0.626. The number of aromatic amines is 1. The zero-order chi connectivity index (χ0) is 6.69. The highest BCUT2D eigenvalue weighted by atomic mass is 14.9. The van der Waals surface area contributed by atoms with Crippen molar-refractivity contribution in [1.29, 1.82) is 0 Å². The van der Waals surface area contributed by atoms with Crippen LogP contribution in [0, 0.1) is 0 Å². The number of nitrogens with one attached hydrogen (secondary N) is 1. The van der Waals surface area contributed by atoms with Crippen LogP contribution in [-0.4, -0.2) is 9.97 Å². The lowest BCUT2D eigenvalue weighted by Gasteiger charge is -1.93. The van der Waals surface area contributed by atoms with Crippen LogP contribution in [0.1, 0.15) is 19.2 Å². The lowest BCUT2D eigenvalue weighted by molar-refractivity contribution is 1.15. The Hall–Kier alpha value is -1.05. The highest BCUT2D eigenvalue weighted by molar-refractivity contribution is 5.55. The van der Waals surface area contributed by atoms with E-state index in [0.29, 0.717) is 0 Å². The fourth-order valence-electron chi connectivity index (χ4n) is 0.626. The molecule has 0 saturated heterocycles. The maximum absolute atomic E-state index is 4.03. The van der Waals surface area contributed by atoms with Crippen molar-refractivity contribution in [2.24, 2.45) is 0 Å². The molecule has 0 unspecified atom stereocenters. The Kier molecular flexibility index (Phi) is 1.68. The molecule has 1 aromatic rings. The monoisotopic (exact) mass is 122 g/mol. The molecule has 1 rings (SSSR count). The summed E-state index contributed by atoms with van der Waals surface area (Å²) in [5, 5.41) is 0. The first-order valence-electron chi connectivity index (χ1n) is 3.02. The number of imidazole rings is 1. The van der Waals surface area contributed by atoms with E-state index >= 15 is 0 Å². The molecule has 1 aromatic heterocycles. The number of allylic oxidation sites excluding steroid dienone is 1. The van der Waals surface area contributed by atoms with Gasteiger partial charge in [-0.3, -0.25) is 0 Å². The zero-order valence-corrected chi connectivity index (χ0v) is 5.52. The Labute approximate surface area is 54.6 Å². The lowest BCUT2D eigenvalue weighted by Crippen LogP contribution is -1.81. The van der Waals surface area contributed by atoms with Gasteiger partial charge in [-0.1, -0.05) is 13.5 Å². The minimum atomic E-state index is 0.900. The summed E-state index contributed by atoms with van der Waals surface area (Å²) in [7, 11) is 0.